The highest BCUT2D eigenvalue weighted by atomic mass is 15.2. The molecule has 23 heavy (non-hydrogen) atoms. The van der Waals surface area contributed by atoms with Crippen LogP contribution in [0.3, 0.4) is 0 Å². The van der Waals surface area contributed by atoms with Gasteiger partial charge in [0.2, 0.25) is 5.96 Å². The number of para-hydroxylation sites is 2. The molecule has 6 N–H and O–H groups in total. The fourth-order valence-electron chi connectivity index (χ4n) is 2.12. The lowest BCUT2D eigenvalue weighted by atomic mass is 10.2. The Balaban J connectivity index is 1.84. The fraction of sp³-hybridized carbons (Fsp3) is 0.0625. The first-order valence-electron chi connectivity index (χ1n) is 7.13. The molecule has 0 atom stereocenters. The van der Waals surface area contributed by atoms with Gasteiger partial charge in [-0.1, -0.05) is 30.3 Å². The van der Waals surface area contributed by atoms with Crippen LogP contribution in [0.15, 0.2) is 64.6 Å². The largest absolute Gasteiger partial charge is 0.368 e. The van der Waals surface area contributed by atoms with Crippen molar-refractivity contribution in [2.75, 3.05) is 11.9 Å². The monoisotopic (exact) mass is 307 g/mol. The number of anilines is 1. The predicted octanol–water partition coefficient (Wildman–Crippen LogP) is 1.98. The van der Waals surface area contributed by atoms with E-state index in [0.717, 1.165) is 16.6 Å². The summed E-state index contributed by atoms with van der Waals surface area (Å²) in [6.07, 6.45) is 0. The number of rotatable bonds is 3. The Bertz CT molecular complexity index is 849. The van der Waals surface area contributed by atoms with Crippen LogP contribution >= 0.6 is 0 Å². The maximum absolute atomic E-state index is 5.90. The third-order valence-electron chi connectivity index (χ3n) is 3.18. The Morgan fingerprint density at radius 2 is 1.83 bits per heavy atom. The van der Waals surface area contributed by atoms with Crippen LogP contribution in [0.2, 0.25) is 0 Å². The average Bonchev–Trinajstić information content (AvgIpc) is 2.98. The van der Waals surface area contributed by atoms with E-state index in [9.17, 15) is 0 Å². The fourth-order valence-corrected chi connectivity index (χ4v) is 2.12. The molecule has 0 fully saturated rings. The predicted molar refractivity (Wildman–Crippen MR) is 93.9 cm³/mol. The van der Waals surface area contributed by atoms with Crippen LogP contribution in [-0.4, -0.2) is 28.5 Å². The highest BCUT2D eigenvalue weighted by Gasteiger charge is 2.05. The van der Waals surface area contributed by atoms with E-state index < -0.39 is 0 Å². The zero-order valence-electron chi connectivity index (χ0n) is 12.4. The first-order chi connectivity index (χ1) is 11.3. The number of nitrogens with zero attached hydrogens (tertiary/aromatic N) is 3. The second-order valence-corrected chi connectivity index (χ2v) is 4.82. The standard InChI is InChI=1S/C16H17N7/c17-10-14(19-11-6-2-1-3-7-11)20-16(18)21-15-12-8-4-5-9-13(12)22-23-15/h1-9H,10,17H2,(H4,18,19,20,21,22,23). The number of hydrogen-bond acceptors (Lipinski definition) is 3. The molecule has 0 amide bonds. The van der Waals surface area contributed by atoms with Crippen molar-refractivity contribution in [1.29, 1.82) is 0 Å². The van der Waals surface area contributed by atoms with Gasteiger partial charge in [-0.05, 0) is 24.3 Å². The number of fused-ring (bicyclic) bond motifs is 1. The highest BCUT2D eigenvalue weighted by Crippen LogP contribution is 2.22. The Labute approximate surface area is 133 Å². The van der Waals surface area contributed by atoms with E-state index in [4.69, 9.17) is 11.5 Å². The van der Waals surface area contributed by atoms with E-state index in [-0.39, 0.29) is 12.5 Å². The van der Waals surface area contributed by atoms with Gasteiger partial charge in [0.15, 0.2) is 5.82 Å². The van der Waals surface area contributed by atoms with Gasteiger partial charge >= 0.3 is 0 Å². The van der Waals surface area contributed by atoms with Gasteiger partial charge in [-0.25, -0.2) is 0 Å². The third-order valence-corrected chi connectivity index (χ3v) is 3.18. The van der Waals surface area contributed by atoms with Gasteiger partial charge in [-0.15, -0.1) is 0 Å². The van der Waals surface area contributed by atoms with Gasteiger partial charge in [0.05, 0.1) is 12.1 Å². The lowest BCUT2D eigenvalue weighted by molar-refractivity contribution is 1.10. The minimum Gasteiger partial charge on any atom is -0.368 e. The Kier molecular flexibility index (Phi) is 4.30. The number of aliphatic imine (C=N–C) groups is 2. The van der Waals surface area contributed by atoms with E-state index >= 15 is 0 Å². The van der Waals surface area contributed by atoms with E-state index in [2.05, 4.69) is 25.5 Å². The summed E-state index contributed by atoms with van der Waals surface area (Å²) in [6.45, 7) is 0.215. The maximum Gasteiger partial charge on any atom is 0.223 e. The molecule has 1 heterocycles. The van der Waals surface area contributed by atoms with E-state index in [0.29, 0.717) is 11.7 Å². The normalized spacial score (nSPS) is 12.6. The first-order valence-corrected chi connectivity index (χ1v) is 7.13. The van der Waals surface area contributed by atoms with E-state index in [1.54, 1.807) is 0 Å². The van der Waals surface area contributed by atoms with E-state index in [1.807, 2.05) is 54.6 Å². The second-order valence-electron chi connectivity index (χ2n) is 4.82. The molecule has 7 heteroatoms. The minimum atomic E-state index is 0.0890. The van der Waals surface area contributed by atoms with Gasteiger partial charge in [0.25, 0.3) is 0 Å². The summed E-state index contributed by atoms with van der Waals surface area (Å²) >= 11 is 0. The molecule has 7 nitrogen and oxygen atoms in total. The van der Waals surface area contributed by atoms with Gasteiger partial charge in [-0.3, -0.25) is 5.10 Å². The summed E-state index contributed by atoms with van der Waals surface area (Å²) in [6, 6.07) is 17.3. The van der Waals surface area contributed by atoms with Crippen LogP contribution in [0.1, 0.15) is 0 Å². The lowest BCUT2D eigenvalue weighted by Gasteiger charge is -2.07. The zero-order chi connectivity index (χ0) is 16.1. The molecule has 0 radical (unpaired) electrons. The summed E-state index contributed by atoms with van der Waals surface area (Å²) in [5.41, 5.74) is 13.4. The maximum atomic E-state index is 5.90. The smallest absolute Gasteiger partial charge is 0.223 e. The molecule has 0 unspecified atom stereocenters. The van der Waals surface area contributed by atoms with Gasteiger partial charge < -0.3 is 16.8 Å². The lowest BCUT2D eigenvalue weighted by Crippen LogP contribution is -2.25. The van der Waals surface area contributed by atoms with Crippen molar-refractivity contribution in [3.05, 3.63) is 54.6 Å². The summed E-state index contributed by atoms with van der Waals surface area (Å²) < 4.78 is 0. The van der Waals surface area contributed by atoms with Gasteiger partial charge in [0.1, 0.15) is 5.84 Å². The summed E-state index contributed by atoms with van der Waals surface area (Å²) in [7, 11) is 0. The van der Waals surface area contributed by atoms with Crippen LogP contribution in [0.4, 0.5) is 11.5 Å². The number of H-pyrrole nitrogens is 1. The van der Waals surface area contributed by atoms with Crippen LogP contribution in [0.25, 0.3) is 10.9 Å². The van der Waals surface area contributed by atoms with Crippen molar-refractivity contribution in [3.63, 3.8) is 0 Å². The molecule has 0 aliphatic carbocycles. The molecular formula is C16H17N7. The van der Waals surface area contributed by atoms with Gasteiger partial charge in [-0.2, -0.15) is 15.1 Å². The molecule has 0 aliphatic heterocycles. The first kappa shape index (κ1) is 14.7. The summed E-state index contributed by atoms with van der Waals surface area (Å²) in [5.74, 6) is 1.11. The SMILES string of the molecule is NCC(=NC(N)=Nc1n[nH]c2ccccc12)Nc1ccccc1. The summed E-state index contributed by atoms with van der Waals surface area (Å²) in [4.78, 5) is 8.47. The Hall–Kier alpha value is -3.19. The van der Waals surface area contributed by atoms with Crippen molar-refractivity contribution < 1.29 is 0 Å². The number of nitrogens with two attached hydrogens (primary N) is 2. The quantitative estimate of drug-likeness (QED) is 0.437. The average molecular weight is 307 g/mol. The topological polar surface area (TPSA) is 117 Å². The van der Waals surface area contributed by atoms with Crippen molar-refractivity contribution in [1.82, 2.24) is 10.2 Å². The molecule has 0 aliphatic rings. The van der Waals surface area contributed by atoms with Crippen LogP contribution < -0.4 is 16.8 Å². The number of aromatic nitrogens is 2. The number of benzene rings is 2. The van der Waals surface area contributed by atoms with Gasteiger partial charge in [0, 0.05) is 11.1 Å². The van der Waals surface area contributed by atoms with Crippen molar-refractivity contribution in [3.8, 4) is 0 Å². The Morgan fingerprint density at radius 1 is 1.09 bits per heavy atom. The number of hydrogen-bond donors (Lipinski definition) is 4. The minimum absolute atomic E-state index is 0.0890. The molecule has 3 aromatic rings. The number of amidine groups is 1. The summed E-state index contributed by atoms with van der Waals surface area (Å²) in [5, 5.41) is 11.0. The van der Waals surface area contributed by atoms with Crippen LogP contribution in [0, 0.1) is 0 Å². The van der Waals surface area contributed by atoms with E-state index in [1.165, 1.54) is 0 Å². The third kappa shape index (κ3) is 3.53. The second kappa shape index (κ2) is 6.71. The number of nitrogens with one attached hydrogen (secondary N) is 2. The molecule has 0 bridgehead atoms. The molecule has 1 aromatic heterocycles. The molecule has 116 valence electrons. The highest BCUT2D eigenvalue weighted by molar-refractivity contribution is 6.04. The molecule has 0 spiro atoms. The molecule has 0 saturated heterocycles. The Morgan fingerprint density at radius 3 is 2.61 bits per heavy atom. The van der Waals surface area contributed by atoms with Crippen LogP contribution in [-0.2, 0) is 0 Å². The molecule has 3 rings (SSSR count). The molecule has 0 saturated carbocycles. The van der Waals surface area contributed by atoms with Crippen LogP contribution in [0.5, 0.6) is 0 Å². The van der Waals surface area contributed by atoms with Crippen molar-refractivity contribution in [2.24, 2.45) is 21.5 Å². The molecule has 2 aromatic carbocycles. The molecular weight excluding hydrogens is 290 g/mol. The zero-order valence-corrected chi connectivity index (χ0v) is 12.4. The van der Waals surface area contributed by atoms with Crippen molar-refractivity contribution in [2.45, 2.75) is 0 Å². The number of aromatic amines is 1. The van der Waals surface area contributed by atoms with Crippen molar-refractivity contribution >= 4 is 34.2 Å². The number of guanidine groups is 1.